The third-order valence-corrected chi connectivity index (χ3v) is 3.77. The quantitative estimate of drug-likeness (QED) is 0.858. The summed E-state index contributed by atoms with van der Waals surface area (Å²) in [6.45, 7) is 8.00. The highest BCUT2D eigenvalue weighted by molar-refractivity contribution is 6.44. The zero-order valence-corrected chi connectivity index (χ0v) is 12.3. The van der Waals surface area contributed by atoms with Crippen LogP contribution in [0.2, 0.25) is 10.0 Å². The summed E-state index contributed by atoms with van der Waals surface area (Å²) in [5, 5.41) is 5.38. The maximum Gasteiger partial charge on any atom is 0.154 e. The van der Waals surface area contributed by atoms with Gasteiger partial charge in [-0.2, -0.15) is 0 Å². The molecule has 0 spiro atoms. The first-order valence-electron chi connectivity index (χ1n) is 6.16. The molecular formula is C14H17Cl2NO. The molecule has 0 bridgehead atoms. The molecule has 0 aliphatic rings. The van der Waals surface area contributed by atoms with Gasteiger partial charge >= 0.3 is 0 Å². The molecule has 98 valence electrons. The first-order valence-corrected chi connectivity index (χ1v) is 6.91. The highest BCUT2D eigenvalue weighted by Gasteiger charge is 2.19. The van der Waals surface area contributed by atoms with Crippen LogP contribution < -0.4 is 5.32 Å². The van der Waals surface area contributed by atoms with Crippen LogP contribution in [0.4, 0.5) is 0 Å². The van der Waals surface area contributed by atoms with Crippen molar-refractivity contribution in [3.05, 3.63) is 33.5 Å². The van der Waals surface area contributed by atoms with Gasteiger partial charge in [0.2, 0.25) is 0 Å². The Kier molecular flexibility index (Phi) is 4.21. The fourth-order valence-corrected chi connectivity index (χ4v) is 2.53. The summed E-state index contributed by atoms with van der Waals surface area (Å²) in [5.41, 5.74) is 1.91. The van der Waals surface area contributed by atoms with E-state index in [1.54, 1.807) is 0 Å². The summed E-state index contributed by atoms with van der Waals surface area (Å²) in [5.74, 6) is 1.34. The smallest absolute Gasteiger partial charge is 0.154 e. The summed E-state index contributed by atoms with van der Waals surface area (Å²) in [7, 11) is 0. The summed E-state index contributed by atoms with van der Waals surface area (Å²) in [6.07, 6.45) is 0. The van der Waals surface area contributed by atoms with Crippen molar-refractivity contribution in [2.45, 2.75) is 33.2 Å². The van der Waals surface area contributed by atoms with Gasteiger partial charge in [-0.05, 0) is 24.6 Å². The van der Waals surface area contributed by atoms with E-state index in [0.717, 1.165) is 17.7 Å². The van der Waals surface area contributed by atoms with Gasteiger partial charge in [-0.3, -0.25) is 0 Å². The fourth-order valence-electron chi connectivity index (χ4n) is 2.18. The third kappa shape index (κ3) is 2.37. The zero-order valence-electron chi connectivity index (χ0n) is 10.8. The van der Waals surface area contributed by atoms with Crippen LogP contribution in [0.15, 0.2) is 16.5 Å². The molecule has 4 heteroatoms. The minimum atomic E-state index is 0.386. The molecule has 18 heavy (non-hydrogen) atoms. The molecule has 0 aliphatic carbocycles. The van der Waals surface area contributed by atoms with Crippen LogP contribution >= 0.6 is 23.2 Å². The Bertz CT molecular complexity index is 560. The predicted molar refractivity (Wildman–Crippen MR) is 77.7 cm³/mol. The van der Waals surface area contributed by atoms with Crippen LogP contribution in [0, 0.1) is 0 Å². The number of fused-ring (bicyclic) bond motifs is 1. The molecule has 0 atom stereocenters. The first kappa shape index (κ1) is 13.7. The number of halogens is 2. The lowest BCUT2D eigenvalue weighted by Crippen LogP contribution is -2.12. The molecule has 1 aromatic heterocycles. The fraction of sp³-hybridized carbons (Fsp3) is 0.429. The number of rotatable bonds is 4. The minimum Gasteiger partial charge on any atom is -0.458 e. The van der Waals surface area contributed by atoms with Crippen molar-refractivity contribution in [1.29, 1.82) is 0 Å². The molecule has 0 radical (unpaired) electrons. The number of benzene rings is 1. The van der Waals surface area contributed by atoms with E-state index in [0.29, 0.717) is 28.1 Å². The second-order valence-electron chi connectivity index (χ2n) is 4.61. The van der Waals surface area contributed by atoms with Crippen molar-refractivity contribution in [3.8, 4) is 0 Å². The van der Waals surface area contributed by atoms with Gasteiger partial charge in [0.15, 0.2) is 5.58 Å². The molecular weight excluding hydrogens is 269 g/mol. The van der Waals surface area contributed by atoms with Gasteiger partial charge in [-0.15, -0.1) is 0 Å². The molecule has 1 aromatic carbocycles. The van der Waals surface area contributed by atoms with Crippen LogP contribution in [-0.2, 0) is 6.54 Å². The Morgan fingerprint density at radius 2 is 2.00 bits per heavy atom. The average molecular weight is 286 g/mol. The molecule has 2 rings (SSSR count). The molecule has 0 amide bonds. The second-order valence-corrected chi connectivity index (χ2v) is 5.40. The zero-order chi connectivity index (χ0) is 13.3. The molecule has 0 unspecified atom stereocenters. The van der Waals surface area contributed by atoms with Crippen molar-refractivity contribution < 1.29 is 4.42 Å². The van der Waals surface area contributed by atoms with Crippen molar-refractivity contribution >= 4 is 34.2 Å². The van der Waals surface area contributed by atoms with Gasteiger partial charge in [0.1, 0.15) is 10.8 Å². The largest absolute Gasteiger partial charge is 0.458 e. The van der Waals surface area contributed by atoms with E-state index in [-0.39, 0.29) is 0 Å². The van der Waals surface area contributed by atoms with E-state index in [1.807, 2.05) is 12.1 Å². The number of hydrogen-bond donors (Lipinski definition) is 1. The Labute approximate surface area is 117 Å². The molecule has 1 N–H and O–H groups in total. The molecule has 0 aliphatic heterocycles. The van der Waals surface area contributed by atoms with Crippen LogP contribution in [-0.4, -0.2) is 6.54 Å². The normalized spacial score (nSPS) is 11.7. The van der Waals surface area contributed by atoms with Gasteiger partial charge in [-0.1, -0.05) is 44.0 Å². The van der Waals surface area contributed by atoms with E-state index < -0.39 is 0 Å². The van der Waals surface area contributed by atoms with Gasteiger partial charge in [0, 0.05) is 10.9 Å². The first-order chi connectivity index (χ1) is 8.56. The third-order valence-electron chi connectivity index (χ3n) is 2.98. The molecule has 0 saturated heterocycles. The van der Waals surface area contributed by atoms with E-state index in [2.05, 4.69) is 26.1 Å². The van der Waals surface area contributed by atoms with Gasteiger partial charge in [0.05, 0.1) is 11.6 Å². The van der Waals surface area contributed by atoms with E-state index in [1.165, 1.54) is 5.56 Å². The van der Waals surface area contributed by atoms with Crippen LogP contribution in [0.3, 0.4) is 0 Å². The van der Waals surface area contributed by atoms with E-state index in [9.17, 15) is 0 Å². The Morgan fingerprint density at radius 3 is 2.61 bits per heavy atom. The topological polar surface area (TPSA) is 25.2 Å². The molecule has 1 heterocycles. The maximum atomic E-state index is 6.20. The monoisotopic (exact) mass is 285 g/mol. The molecule has 0 fully saturated rings. The standard InChI is InChI=1S/C14H17Cl2NO/c1-4-17-7-11-12(8(2)3)9-5-6-10(15)13(16)14(9)18-11/h5-6,8,17H,4,7H2,1-3H3. The Morgan fingerprint density at radius 1 is 1.28 bits per heavy atom. The van der Waals surface area contributed by atoms with Crippen LogP contribution in [0.25, 0.3) is 11.0 Å². The second kappa shape index (κ2) is 5.52. The van der Waals surface area contributed by atoms with E-state index in [4.69, 9.17) is 27.6 Å². The molecule has 2 nitrogen and oxygen atoms in total. The van der Waals surface area contributed by atoms with Gasteiger partial charge in [-0.25, -0.2) is 0 Å². The number of nitrogens with one attached hydrogen (secondary N) is 1. The van der Waals surface area contributed by atoms with E-state index >= 15 is 0 Å². The van der Waals surface area contributed by atoms with Crippen molar-refractivity contribution in [1.82, 2.24) is 5.32 Å². The summed E-state index contributed by atoms with van der Waals surface area (Å²) in [4.78, 5) is 0. The van der Waals surface area contributed by atoms with Crippen LogP contribution in [0.5, 0.6) is 0 Å². The highest BCUT2D eigenvalue weighted by atomic mass is 35.5. The van der Waals surface area contributed by atoms with Crippen molar-refractivity contribution in [2.24, 2.45) is 0 Å². The summed E-state index contributed by atoms with van der Waals surface area (Å²) < 4.78 is 5.90. The van der Waals surface area contributed by atoms with Crippen molar-refractivity contribution in [3.63, 3.8) is 0 Å². The number of hydrogen-bond acceptors (Lipinski definition) is 2. The van der Waals surface area contributed by atoms with Crippen LogP contribution in [0.1, 0.15) is 38.0 Å². The number of furan rings is 1. The minimum absolute atomic E-state index is 0.386. The average Bonchev–Trinajstić information content (AvgIpc) is 2.70. The summed E-state index contributed by atoms with van der Waals surface area (Å²) in [6, 6.07) is 3.81. The lowest BCUT2D eigenvalue weighted by Gasteiger charge is -2.06. The predicted octanol–water partition coefficient (Wildman–Crippen LogP) is 4.97. The van der Waals surface area contributed by atoms with Gasteiger partial charge in [0.25, 0.3) is 0 Å². The summed E-state index contributed by atoms with van der Waals surface area (Å²) >= 11 is 12.2. The lowest BCUT2D eigenvalue weighted by atomic mass is 9.99. The van der Waals surface area contributed by atoms with Crippen molar-refractivity contribution in [2.75, 3.05) is 6.54 Å². The molecule has 2 aromatic rings. The van der Waals surface area contributed by atoms with Gasteiger partial charge < -0.3 is 9.73 Å². The highest BCUT2D eigenvalue weighted by Crippen LogP contribution is 2.38. The Hall–Kier alpha value is -0.700. The maximum absolute atomic E-state index is 6.20. The molecule has 0 saturated carbocycles. The Balaban J connectivity index is 2.63. The lowest BCUT2D eigenvalue weighted by molar-refractivity contribution is 0.510. The SMILES string of the molecule is CCNCc1oc2c(Cl)c(Cl)ccc2c1C(C)C.